The average Bonchev–Trinajstić information content (AvgIpc) is 2.85. The molecule has 0 radical (unpaired) electrons. The summed E-state index contributed by atoms with van der Waals surface area (Å²) in [4.78, 5) is 8.14. The number of methoxy groups -OCH3 is 1. The van der Waals surface area contributed by atoms with Crippen LogP contribution in [0.15, 0.2) is 36.8 Å². The summed E-state index contributed by atoms with van der Waals surface area (Å²) in [6, 6.07) is 5.38. The molecule has 3 aromatic heterocycles. The number of hydrogen-bond acceptors (Lipinski definition) is 3. The Labute approximate surface area is 115 Å². The fraction of sp³-hybridized carbons (Fsp3) is 0.200. The second-order valence-corrected chi connectivity index (χ2v) is 4.42. The Morgan fingerprint density at radius 3 is 2.90 bits per heavy atom. The predicted octanol–water partition coefficient (Wildman–Crippen LogP) is 3.27. The van der Waals surface area contributed by atoms with E-state index in [1.54, 1.807) is 6.20 Å². The highest BCUT2D eigenvalue weighted by Crippen LogP contribution is 2.33. The number of aromatic nitrogens is 3. The highest BCUT2D eigenvalue weighted by atomic mass is 19.1. The van der Waals surface area contributed by atoms with Gasteiger partial charge in [-0.3, -0.25) is 4.98 Å². The van der Waals surface area contributed by atoms with Crippen LogP contribution in [0.25, 0.3) is 22.2 Å². The lowest BCUT2D eigenvalue weighted by Crippen LogP contribution is -2.00. The largest absolute Gasteiger partial charge is 0.481 e. The number of fused-ring (bicyclic) bond motifs is 1. The van der Waals surface area contributed by atoms with E-state index in [-0.39, 0.29) is 5.82 Å². The standard InChI is InChI=1S/C15H14FN3O/c1-3-19-13(6-10-4-5-17-9-14(10)19)12-7-11(16)8-18-15(12)20-2/h4-9H,3H2,1-2H3. The maximum Gasteiger partial charge on any atom is 0.222 e. The summed E-state index contributed by atoms with van der Waals surface area (Å²) in [5.74, 6) is 0.0312. The average molecular weight is 271 g/mol. The molecule has 20 heavy (non-hydrogen) atoms. The van der Waals surface area contributed by atoms with E-state index in [9.17, 15) is 4.39 Å². The Balaban J connectivity index is 2.31. The van der Waals surface area contributed by atoms with Crippen LogP contribution in [0.1, 0.15) is 6.92 Å². The van der Waals surface area contributed by atoms with Gasteiger partial charge in [-0.25, -0.2) is 9.37 Å². The molecule has 0 bridgehead atoms. The first kappa shape index (κ1) is 12.6. The number of hydrogen-bond donors (Lipinski definition) is 0. The molecule has 3 rings (SSSR count). The van der Waals surface area contributed by atoms with Crippen LogP contribution in [-0.4, -0.2) is 21.6 Å². The van der Waals surface area contributed by atoms with Gasteiger partial charge in [-0.1, -0.05) is 0 Å². The predicted molar refractivity (Wildman–Crippen MR) is 75.1 cm³/mol. The molecular formula is C15H14FN3O. The van der Waals surface area contributed by atoms with Gasteiger partial charge in [0.2, 0.25) is 5.88 Å². The first-order valence-corrected chi connectivity index (χ1v) is 6.37. The zero-order valence-corrected chi connectivity index (χ0v) is 11.3. The molecule has 0 amide bonds. The number of halogens is 1. The minimum Gasteiger partial charge on any atom is -0.481 e. The molecule has 4 nitrogen and oxygen atoms in total. The molecule has 0 saturated carbocycles. The van der Waals surface area contributed by atoms with Crippen molar-refractivity contribution in [3.8, 4) is 17.1 Å². The molecule has 0 spiro atoms. The third kappa shape index (κ3) is 1.91. The summed E-state index contributed by atoms with van der Waals surface area (Å²) in [5, 5.41) is 1.06. The van der Waals surface area contributed by atoms with Crippen LogP contribution in [0, 0.1) is 5.82 Å². The lowest BCUT2D eigenvalue weighted by atomic mass is 10.2. The zero-order valence-electron chi connectivity index (χ0n) is 11.3. The van der Waals surface area contributed by atoms with Crippen LogP contribution in [0.3, 0.4) is 0 Å². The van der Waals surface area contributed by atoms with Gasteiger partial charge >= 0.3 is 0 Å². The van der Waals surface area contributed by atoms with Crippen molar-refractivity contribution < 1.29 is 9.13 Å². The molecule has 0 aliphatic heterocycles. The van der Waals surface area contributed by atoms with Gasteiger partial charge in [0.15, 0.2) is 0 Å². The molecule has 0 aliphatic rings. The molecule has 0 saturated heterocycles. The SMILES string of the molecule is CCn1c(-c2cc(F)cnc2OC)cc2ccncc21. The van der Waals surface area contributed by atoms with Gasteiger partial charge in [-0.15, -0.1) is 0 Å². The van der Waals surface area contributed by atoms with Crippen molar-refractivity contribution in [2.45, 2.75) is 13.5 Å². The van der Waals surface area contributed by atoms with Crippen molar-refractivity contribution in [3.63, 3.8) is 0 Å². The third-order valence-electron chi connectivity index (χ3n) is 3.31. The van der Waals surface area contributed by atoms with E-state index in [1.807, 2.05) is 25.3 Å². The Kier molecular flexibility index (Phi) is 3.10. The van der Waals surface area contributed by atoms with Crippen molar-refractivity contribution in [2.75, 3.05) is 7.11 Å². The summed E-state index contributed by atoms with van der Waals surface area (Å²) < 4.78 is 20.8. The summed E-state index contributed by atoms with van der Waals surface area (Å²) in [6.07, 6.45) is 4.71. The van der Waals surface area contributed by atoms with Gasteiger partial charge in [-0.2, -0.15) is 0 Å². The molecule has 0 aliphatic carbocycles. The Bertz CT molecular complexity index is 767. The smallest absolute Gasteiger partial charge is 0.222 e. The molecule has 3 heterocycles. The number of rotatable bonds is 3. The fourth-order valence-electron chi connectivity index (χ4n) is 2.44. The lowest BCUT2D eigenvalue weighted by Gasteiger charge is -2.10. The number of aryl methyl sites for hydroxylation is 1. The number of pyridine rings is 2. The quantitative estimate of drug-likeness (QED) is 0.734. The number of ether oxygens (including phenoxy) is 1. The monoisotopic (exact) mass is 271 g/mol. The van der Waals surface area contributed by atoms with E-state index >= 15 is 0 Å². The van der Waals surface area contributed by atoms with Crippen LogP contribution >= 0.6 is 0 Å². The fourth-order valence-corrected chi connectivity index (χ4v) is 2.44. The second-order valence-electron chi connectivity index (χ2n) is 4.42. The van der Waals surface area contributed by atoms with Crippen molar-refractivity contribution in [2.24, 2.45) is 0 Å². The van der Waals surface area contributed by atoms with E-state index in [0.717, 1.165) is 29.3 Å². The molecule has 102 valence electrons. The van der Waals surface area contributed by atoms with Crippen molar-refractivity contribution in [3.05, 3.63) is 42.6 Å². The Hall–Kier alpha value is -2.43. The summed E-state index contributed by atoms with van der Waals surface area (Å²) in [5.41, 5.74) is 2.53. The first-order chi connectivity index (χ1) is 9.74. The van der Waals surface area contributed by atoms with Gasteiger partial charge in [-0.05, 0) is 25.1 Å². The lowest BCUT2D eigenvalue weighted by molar-refractivity contribution is 0.397. The minimum absolute atomic E-state index is 0.383. The molecule has 0 unspecified atom stereocenters. The van der Waals surface area contributed by atoms with E-state index in [4.69, 9.17) is 4.74 Å². The summed E-state index contributed by atoms with van der Waals surface area (Å²) in [7, 11) is 1.53. The van der Waals surface area contributed by atoms with Crippen LogP contribution < -0.4 is 4.74 Å². The minimum atomic E-state index is -0.383. The highest BCUT2D eigenvalue weighted by Gasteiger charge is 2.15. The van der Waals surface area contributed by atoms with Crippen LogP contribution in [0.4, 0.5) is 4.39 Å². The van der Waals surface area contributed by atoms with Gasteiger partial charge in [0.25, 0.3) is 0 Å². The van der Waals surface area contributed by atoms with Crippen molar-refractivity contribution in [1.82, 2.24) is 14.5 Å². The van der Waals surface area contributed by atoms with Crippen molar-refractivity contribution in [1.29, 1.82) is 0 Å². The summed E-state index contributed by atoms with van der Waals surface area (Å²) >= 11 is 0. The molecule has 0 aromatic carbocycles. The third-order valence-corrected chi connectivity index (χ3v) is 3.31. The van der Waals surface area contributed by atoms with Gasteiger partial charge in [0.1, 0.15) is 5.82 Å². The molecule has 5 heteroatoms. The van der Waals surface area contributed by atoms with E-state index in [0.29, 0.717) is 11.4 Å². The van der Waals surface area contributed by atoms with Crippen LogP contribution in [0.2, 0.25) is 0 Å². The van der Waals surface area contributed by atoms with Gasteiger partial charge in [0, 0.05) is 18.1 Å². The Morgan fingerprint density at radius 1 is 1.30 bits per heavy atom. The number of nitrogens with zero attached hydrogens (tertiary/aromatic N) is 3. The van der Waals surface area contributed by atoms with Crippen LogP contribution in [0.5, 0.6) is 5.88 Å². The maximum atomic E-state index is 13.5. The Morgan fingerprint density at radius 2 is 2.15 bits per heavy atom. The molecule has 0 fully saturated rings. The zero-order chi connectivity index (χ0) is 14.1. The summed E-state index contributed by atoms with van der Waals surface area (Å²) in [6.45, 7) is 2.79. The van der Waals surface area contributed by atoms with Crippen molar-refractivity contribution >= 4 is 10.9 Å². The molecule has 0 atom stereocenters. The van der Waals surface area contributed by atoms with Gasteiger partial charge in [0.05, 0.1) is 36.3 Å². The van der Waals surface area contributed by atoms with Crippen LogP contribution in [-0.2, 0) is 6.54 Å². The maximum absolute atomic E-state index is 13.5. The molecular weight excluding hydrogens is 257 g/mol. The normalized spacial score (nSPS) is 10.9. The molecule has 0 N–H and O–H groups in total. The van der Waals surface area contributed by atoms with E-state index in [1.165, 1.54) is 13.2 Å². The first-order valence-electron chi connectivity index (χ1n) is 6.37. The highest BCUT2D eigenvalue weighted by molar-refractivity contribution is 5.87. The topological polar surface area (TPSA) is 39.9 Å². The van der Waals surface area contributed by atoms with Gasteiger partial charge < -0.3 is 9.30 Å². The van der Waals surface area contributed by atoms with E-state index in [2.05, 4.69) is 14.5 Å². The molecule has 3 aromatic rings. The van der Waals surface area contributed by atoms with E-state index < -0.39 is 0 Å². The second kappa shape index (κ2) is 4.92.